The van der Waals surface area contributed by atoms with Gasteiger partial charge in [0.25, 0.3) is 10.0 Å². The molecule has 0 aliphatic heterocycles. The molecular weight excluding hydrogens is 574 g/mol. The smallest absolute Gasteiger partial charge is 0.264 e. The summed E-state index contributed by atoms with van der Waals surface area (Å²) in [5.74, 6) is -0.208. The fourth-order valence-electron chi connectivity index (χ4n) is 4.51. The molecule has 42 heavy (non-hydrogen) atoms. The highest BCUT2D eigenvalue weighted by Crippen LogP contribution is 2.27. The zero-order chi connectivity index (χ0) is 30.9. The number of ether oxygens (including phenoxy) is 1. The predicted octanol–water partition coefficient (Wildman–Crippen LogP) is 5.96. The lowest BCUT2D eigenvalue weighted by Gasteiger charge is -2.33. The molecule has 3 aromatic carbocycles. The van der Waals surface area contributed by atoms with Crippen LogP contribution in [0.2, 0.25) is 5.02 Å². The minimum absolute atomic E-state index is 0.0135. The zero-order valence-electron chi connectivity index (χ0n) is 24.8. The van der Waals surface area contributed by atoms with E-state index in [1.165, 1.54) is 29.2 Å². The minimum Gasteiger partial charge on any atom is -0.494 e. The van der Waals surface area contributed by atoms with Gasteiger partial charge in [-0.2, -0.15) is 0 Å². The van der Waals surface area contributed by atoms with Crippen LogP contribution in [0.15, 0.2) is 77.7 Å². The molecule has 0 saturated carbocycles. The van der Waals surface area contributed by atoms with Gasteiger partial charge in [-0.15, -0.1) is 0 Å². The Kier molecular flexibility index (Phi) is 11.8. The number of carbonyl (C=O) groups is 2. The molecule has 0 unspecified atom stereocenters. The Hall–Kier alpha value is -3.56. The van der Waals surface area contributed by atoms with Crippen LogP contribution in [0.3, 0.4) is 0 Å². The number of hydrogen-bond donors (Lipinski definition) is 1. The predicted molar refractivity (Wildman–Crippen MR) is 167 cm³/mol. The fraction of sp³-hybridized carbons (Fsp3) is 0.375. The van der Waals surface area contributed by atoms with Crippen LogP contribution in [-0.2, 0) is 26.2 Å². The summed E-state index contributed by atoms with van der Waals surface area (Å²) < 4.78 is 34.5. The van der Waals surface area contributed by atoms with Gasteiger partial charge in [-0.25, -0.2) is 8.42 Å². The van der Waals surface area contributed by atoms with Crippen LogP contribution in [0.25, 0.3) is 0 Å². The van der Waals surface area contributed by atoms with E-state index < -0.39 is 28.5 Å². The molecule has 226 valence electrons. The second-order valence-corrected chi connectivity index (χ2v) is 12.4. The van der Waals surface area contributed by atoms with Gasteiger partial charge in [0.2, 0.25) is 11.8 Å². The molecule has 0 aromatic heterocycles. The second kappa shape index (κ2) is 15.1. The summed E-state index contributed by atoms with van der Waals surface area (Å²) in [6.45, 7) is 9.61. The van der Waals surface area contributed by atoms with Crippen LogP contribution in [-0.4, -0.2) is 50.4 Å². The molecule has 0 aliphatic carbocycles. The molecule has 1 N–H and O–H groups in total. The lowest BCUT2D eigenvalue weighted by atomic mass is 10.1. The lowest BCUT2D eigenvalue weighted by molar-refractivity contribution is -0.140. The first-order valence-electron chi connectivity index (χ1n) is 14.2. The molecule has 0 fully saturated rings. The first kappa shape index (κ1) is 32.9. The van der Waals surface area contributed by atoms with E-state index in [1.807, 2.05) is 58.9 Å². The highest BCUT2D eigenvalue weighted by atomic mass is 35.5. The molecule has 0 radical (unpaired) electrons. The molecule has 0 heterocycles. The number of carbonyl (C=O) groups excluding carboxylic acids is 2. The van der Waals surface area contributed by atoms with Gasteiger partial charge < -0.3 is 15.0 Å². The number of hydrogen-bond acceptors (Lipinski definition) is 5. The third-order valence-electron chi connectivity index (χ3n) is 6.94. The number of rotatable bonds is 14. The highest BCUT2D eigenvalue weighted by Gasteiger charge is 2.34. The van der Waals surface area contributed by atoms with Gasteiger partial charge in [0, 0.05) is 17.6 Å². The molecule has 0 spiro atoms. The molecule has 3 rings (SSSR count). The monoisotopic (exact) mass is 613 g/mol. The van der Waals surface area contributed by atoms with Crippen LogP contribution in [0, 0.1) is 6.92 Å². The van der Waals surface area contributed by atoms with Gasteiger partial charge in [-0.3, -0.25) is 13.9 Å². The summed E-state index contributed by atoms with van der Waals surface area (Å²) in [5.41, 5.74) is 2.14. The van der Waals surface area contributed by atoms with Crippen molar-refractivity contribution in [2.45, 2.75) is 71.0 Å². The normalized spacial score (nSPS) is 12.7. The Labute approximate surface area is 254 Å². The number of sulfonamides is 1. The molecule has 10 heteroatoms. The average Bonchev–Trinajstić information content (AvgIpc) is 2.96. The fourth-order valence-corrected chi connectivity index (χ4v) is 6.05. The van der Waals surface area contributed by atoms with E-state index in [0.29, 0.717) is 23.8 Å². The van der Waals surface area contributed by atoms with Crippen LogP contribution in [0.1, 0.15) is 51.7 Å². The number of nitrogens with one attached hydrogen (secondary N) is 1. The SMILES string of the molecule is CCOc1ccc(N(CC(=O)N(Cc2cccc(C)c2)[C@@H](CC)C(=O)N[C@H](C)CC)S(=O)(=O)c2ccc(Cl)cc2)cc1. The summed E-state index contributed by atoms with van der Waals surface area (Å²) in [4.78, 5) is 29.0. The van der Waals surface area contributed by atoms with Crippen molar-refractivity contribution in [3.63, 3.8) is 0 Å². The highest BCUT2D eigenvalue weighted by molar-refractivity contribution is 7.92. The van der Waals surface area contributed by atoms with Crippen LogP contribution in [0.5, 0.6) is 5.75 Å². The molecule has 2 atom stereocenters. The topological polar surface area (TPSA) is 96.0 Å². The van der Waals surface area contributed by atoms with Crippen molar-refractivity contribution < 1.29 is 22.7 Å². The van der Waals surface area contributed by atoms with E-state index >= 15 is 0 Å². The third kappa shape index (κ3) is 8.49. The van der Waals surface area contributed by atoms with Crippen molar-refractivity contribution in [2.75, 3.05) is 17.5 Å². The van der Waals surface area contributed by atoms with Gasteiger partial charge in [-0.05, 0) is 87.7 Å². The van der Waals surface area contributed by atoms with Crippen molar-refractivity contribution in [1.82, 2.24) is 10.2 Å². The number of amides is 2. The van der Waals surface area contributed by atoms with Crippen LogP contribution >= 0.6 is 11.6 Å². The number of nitrogens with zero attached hydrogens (tertiary/aromatic N) is 2. The standard InChI is InChI=1S/C32H40ClN3O5S/c1-6-24(5)34-32(38)30(7-2)35(21-25-11-9-10-23(4)20-25)31(37)22-36(27-14-16-28(17-15-27)41-8-3)42(39,40)29-18-12-26(33)13-19-29/h9-20,24,30H,6-8,21-22H2,1-5H3,(H,34,38)/t24-,30+/m1/s1. The summed E-state index contributed by atoms with van der Waals surface area (Å²) >= 11 is 6.03. The van der Waals surface area contributed by atoms with Gasteiger partial charge in [-0.1, -0.05) is 55.3 Å². The van der Waals surface area contributed by atoms with Gasteiger partial charge >= 0.3 is 0 Å². The third-order valence-corrected chi connectivity index (χ3v) is 8.98. The Bertz CT molecular complexity index is 1450. The van der Waals surface area contributed by atoms with Crippen molar-refractivity contribution in [2.24, 2.45) is 0 Å². The van der Waals surface area contributed by atoms with Crippen LogP contribution < -0.4 is 14.4 Å². The zero-order valence-corrected chi connectivity index (χ0v) is 26.4. The quantitative estimate of drug-likeness (QED) is 0.242. The molecule has 3 aromatic rings. The van der Waals surface area contributed by atoms with Crippen molar-refractivity contribution in [3.05, 3.63) is 88.9 Å². The van der Waals surface area contributed by atoms with Crippen LogP contribution in [0.4, 0.5) is 5.69 Å². The number of benzene rings is 3. The molecule has 0 aliphatic rings. The maximum atomic E-state index is 14.2. The van der Waals surface area contributed by atoms with E-state index in [-0.39, 0.29) is 29.1 Å². The minimum atomic E-state index is -4.19. The number of anilines is 1. The molecule has 0 saturated heterocycles. The summed E-state index contributed by atoms with van der Waals surface area (Å²) in [6.07, 6.45) is 1.09. The van der Waals surface area contributed by atoms with Crippen molar-refractivity contribution in [1.29, 1.82) is 0 Å². The molecular formula is C32H40ClN3O5S. The van der Waals surface area contributed by atoms with E-state index in [2.05, 4.69) is 5.32 Å². The van der Waals surface area contributed by atoms with Crippen molar-refractivity contribution in [3.8, 4) is 5.75 Å². The average molecular weight is 614 g/mol. The maximum absolute atomic E-state index is 14.2. The summed E-state index contributed by atoms with van der Waals surface area (Å²) in [6, 6.07) is 19.1. The Morgan fingerprint density at radius 1 is 0.952 bits per heavy atom. The Morgan fingerprint density at radius 2 is 1.62 bits per heavy atom. The van der Waals surface area contributed by atoms with Gasteiger partial charge in [0.05, 0.1) is 17.2 Å². The molecule has 2 amide bonds. The molecule has 0 bridgehead atoms. The van der Waals surface area contributed by atoms with Crippen molar-refractivity contribution >= 4 is 39.1 Å². The largest absolute Gasteiger partial charge is 0.494 e. The van der Waals surface area contributed by atoms with E-state index in [4.69, 9.17) is 16.3 Å². The first-order valence-corrected chi connectivity index (χ1v) is 16.0. The van der Waals surface area contributed by atoms with E-state index in [9.17, 15) is 18.0 Å². The molecule has 8 nitrogen and oxygen atoms in total. The van der Waals surface area contributed by atoms with E-state index in [0.717, 1.165) is 21.9 Å². The number of aryl methyl sites for hydroxylation is 1. The lowest BCUT2D eigenvalue weighted by Crippen LogP contribution is -2.53. The van der Waals surface area contributed by atoms with Gasteiger partial charge in [0.15, 0.2) is 0 Å². The Balaban J connectivity index is 2.06. The van der Waals surface area contributed by atoms with Gasteiger partial charge in [0.1, 0.15) is 18.3 Å². The maximum Gasteiger partial charge on any atom is 0.264 e. The summed E-state index contributed by atoms with van der Waals surface area (Å²) in [5, 5.41) is 3.38. The number of halogens is 1. The summed E-state index contributed by atoms with van der Waals surface area (Å²) in [7, 11) is -4.19. The van der Waals surface area contributed by atoms with E-state index in [1.54, 1.807) is 24.3 Å². The second-order valence-electron chi connectivity index (χ2n) is 10.1. The Morgan fingerprint density at radius 3 is 2.19 bits per heavy atom. The first-order chi connectivity index (χ1) is 20.0.